The van der Waals surface area contributed by atoms with Gasteiger partial charge in [0, 0.05) is 18.8 Å². The van der Waals surface area contributed by atoms with E-state index in [9.17, 15) is 4.79 Å². The van der Waals surface area contributed by atoms with E-state index in [-0.39, 0.29) is 12.2 Å². The van der Waals surface area contributed by atoms with Gasteiger partial charge in [-0.3, -0.25) is 0 Å². The Kier molecular flexibility index (Phi) is 5.51. The van der Waals surface area contributed by atoms with Crippen molar-refractivity contribution in [3.05, 3.63) is 57.6 Å². The van der Waals surface area contributed by atoms with E-state index in [0.717, 1.165) is 5.69 Å². The van der Waals surface area contributed by atoms with E-state index in [1.165, 1.54) is 6.07 Å². The highest BCUT2D eigenvalue weighted by atomic mass is 35.5. The van der Waals surface area contributed by atoms with E-state index in [1.807, 2.05) is 24.1 Å². The molecule has 0 aliphatic rings. The minimum absolute atomic E-state index is 0.257. The maximum Gasteiger partial charge on any atom is 0.337 e. The summed E-state index contributed by atoms with van der Waals surface area (Å²) in [5.74, 6) is 7.09. The summed E-state index contributed by atoms with van der Waals surface area (Å²) in [6, 6.07) is 10.5. The van der Waals surface area contributed by atoms with Gasteiger partial charge < -0.3 is 14.1 Å². The Bertz CT molecular complexity index is 758. The van der Waals surface area contributed by atoms with Crippen LogP contribution in [0.1, 0.15) is 5.76 Å². The second-order valence-corrected chi connectivity index (χ2v) is 5.08. The van der Waals surface area contributed by atoms with Crippen LogP contribution in [0.15, 0.2) is 45.6 Å². The van der Waals surface area contributed by atoms with Crippen molar-refractivity contribution in [3.63, 3.8) is 0 Å². The zero-order valence-electron chi connectivity index (χ0n) is 12.4. The molecule has 0 saturated carbocycles. The van der Waals surface area contributed by atoms with Gasteiger partial charge in [-0.2, -0.15) is 0 Å². The number of ether oxygens (including phenoxy) is 1. The SMILES string of the molecule is Cc1cc(N(C)CC#CCOc2ccccc2Cl)cc(=O)o1. The van der Waals surface area contributed by atoms with Crippen LogP contribution in [0.2, 0.25) is 5.02 Å². The van der Waals surface area contributed by atoms with Crippen LogP contribution in [-0.4, -0.2) is 20.2 Å². The van der Waals surface area contributed by atoms with Gasteiger partial charge in [0.1, 0.15) is 18.1 Å². The van der Waals surface area contributed by atoms with E-state index in [4.69, 9.17) is 20.8 Å². The first-order chi connectivity index (χ1) is 10.6. The first-order valence-electron chi connectivity index (χ1n) is 6.72. The molecule has 0 radical (unpaired) electrons. The van der Waals surface area contributed by atoms with Gasteiger partial charge in [0.2, 0.25) is 0 Å². The van der Waals surface area contributed by atoms with Crippen molar-refractivity contribution in [1.82, 2.24) is 0 Å². The molecule has 0 fully saturated rings. The van der Waals surface area contributed by atoms with Gasteiger partial charge >= 0.3 is 5.63 Å². The van der Waals surface area contributed by atoms with Crippen LogP contribution in [0.25, 0.3) is 0 Å². The number of benzene rings is 1. The summed E-state index contributed by atoms with van der Waals surface area (Å²) >= 11 is 5.98. The second kappa shape index (κ2) is 7.58. The molecular formula is C17H16ClNO3. The molecule has 1 heterocycles. The van der Waals surface area contributed by atoms with Crippen molar-refractivity contribution in [3.8, 4) is 17.6 Å². The average Bonchev–Trinajstić information content (AvgIpc) is 2.47. The van der Waals surface area contributed by atoms with Crippen LogP contribution in [-0.2, 0) is 0 Å². The lowest BCUT2D eigenvalue weighted by molar-refractivity contribution is 0.370. The van der Waals surface area contributed by atoms with Gasteiger partial charge in [0.25, 0.3) is 0 Å². The van der Waals surface area contributed by atoms with Crippen LogP contribution >= 0.6 is 11.6 Å². The van der Waals surface area contributed by atoms with Gasteiger partial charge in [-0.1, -0.05) is 35.6 Å². The predicted molar refractivity (Wildman–Crippen MR) is 87.7 cm³/mol. The Morgan fingerprint density at radius 1 is 1.27 bits per heavy atom. The molecule has 114 valence electrons. The Hall–Kier alpha value is -2.38. The summed E-state index contributed by atoms with van der Waals surface area (Å²) in [5.41, 5.74) is 0.409. The number of hydrogen-bond acceptors (Lipinski definition) is 4. The minimum Gasteiger partial charge on any atom is -0.479 e. The summed E-state index contributed by atoms with van der Waals surface area (Å²) in [6.45, 7) is 2.48. The molecule has 0 amide bonds. The third kappa shape index (κ3) is 4.57. The van der Waals surface area contributed by atoms with Crippen LogP contribution in [0.4, 0.5) is 5.69 Å². The van der Waals surface area contributed by atoms with E-state index in [1.54, 1.807) is 25.1 Å². The highest BCUT2D eigenvalue weighted by Gasteiger charge is 2.02. The molecule has 0 atom stereocenters. The van der Waals surface area contributed by atoms with Gasteiger partial charge in [0.05, 0.1) is 11.6 Å². The van der Waals surface area contributed by atoms with Crippen LogP contribution in [0.5, 0.6) is 5.75 Å². The first-order valence-corrected chi connectivity index (χ1v) is 7.10. The fourth-order valence-corrected chi connectivity index (χ4v) is 1.99. The molecule has 0 unspecified atom stereocenters. The quantitative estimate of drug-likeness (QED) is 0.813. The molecule has 1 aromatic carbocycles. The Balaban J connectivity index is 1.88. The first kappa shape index (κ1) is 16.0. The third-order valence-electron chi connectivity index (χ3n) is 2.90. The Morgan fingerprint density at radius 2 is 2.05 bits per heavy atom. The largest absolute Gasteiger partial charge is 0.479 e. The van der Waals surface area contributed by atoms with E-state index < -0.39 is 0 Å². The Morgan fingerprint density at radius 3 is 2.77 bits per heavy atom. The number of nitrogens with zero attached hydrogens (tertiary/aromatic N) is 1. The Labute approximate surface area is 134 Å². The molecule has 2 aromatic rings. The number of halogens is 1. The molecule has 4 nitrogen and oxygen atoms in total. The summed E-state index contributed by atoms with van der Waals surface area (Å²) in [7, 11) is 1.86. The fourth-order valence-electron chi connectivity index (χ4n) is 1.80. The summed E-state index contributed by atoms with van der Waals surface area (Å²) in [4.78, 5) is 13.2. The number of anilines is 1. The molecule has 0 bridgehead atoms. The number of para-hydroxylation sites is 1. The topological polar surface area (TPSA) is 42.7 Å². The van der Waals surface area contributed by atoms with E-state index in [2.05, 4.69) is 11.8 Å². The van der Waals surface area contributed by atoms with E-state index in [0.29, 0.717) is 23.1 Å². The molecule has 0 spiro atoms. The summed E-state index contributed by atoms with van der Waals surface area (Å²) in [6.07, 6.45) is 0. The van der Waals surface area contributed by atoms with Crippen molar-refractivity contribution in [2.75, 3.05) is 25.1 Å². The van der Waals surface area contributed by atoms with Gasteiger partial charge in [-0.25, -0.2) is 4.79 Å². The second-order valence-electron chi connectivity index (χ2n) is 4.67. The summed E-state index contributed by atoms with van der Waals surface area (Å²) < 4.78 is 10.4. The van der Waals surface area contributed by atoms with Crippen molar-refractivity contribution in [2.45, 2.75) is 6.92 Å². The van der Waals surface area contributed by atoms with Gasteiger partial charge in [-0.05, 0) is 25.1 Å². The molecule has 0 aliphatic heterocycles. The normalized spacial score (nSPS) is 9.77. The lowest BCUT2D eigenvalue weighted by atomic mass is 10.3. The number of hydrogen-bond donors (Lipinski definition) is 0. The van der Waals surface area contributed by atoms with E-state index >= 15 is 0 Å². The van der Waals surface area contributed by atoms with Gasteiger partial charge in [0.15, 0.2) is 0 Å². The van der Waals surface area contributed by atoms with Crippen molar-refractivity contribution >= 4 is 17.3 Å². The third-order valence-corrected chi connectivity index (χ3v) is 3.21. The van der Waals surface area contributed by atoms with Crippen LogP contribution in [0.3, 0.4) is 0 Å². The minimum atomic E-state index is -0.364. The maximum absolute atomic E-state index is 11.3. The molecule has 1 aromatic heterocycles. The highest BCUT2D eigenvalue weighted by molar-refractivity contribution is 6.32. The smallest absolute Gasteiger partial charge is 0.337 e. The average molecular weight is 318 g/mol. The molecule has 0 saturated heterocycles. The number of aryl methyl sites for hydroxylation is 1. The molecule has 0 aliphatic carbocycles. The maximum atomic E-state index is 11.3. The zero-order chi connectivity index (χ0) is 15.9. The zero-order valence-corrected chi connectivity index (χ0v) is 13.2. The predicted octanol–water partition coefficient (Wildman–Crippen LogP) is 3.12. The molecule has 22 heavy (non-hydrogen) atoms. The molecule has 2 rings (SSSR count). The van der Waals surface area contributed by atoms with Gasteiger partial charge in [-0.15, -0.1) is 0 Å². The molecule has 0 N–H and O–H groups in total. The number of rotatable bonds is 4. The summed E-state index contributed by atoms with van der Waals surface area (Å²) in [5, 5.41) is 0.563. The lowest BCUT2D eigenvalue weighted by Gasteiger charge is -2.15. The van der Waals surface area contributed by atoms with Crippen molar-refractivity contribution < 1.29 is 9.15 Å². The van der Waals surface area contributed by atoms with Crippen LogP contribution in [0, 0.1) is 18.8 Å². The van der Waals surface area contributed by atoms with Crippen molar-refractivity contribution in [2.24, 2.45) is 0 Å². The standard InChI is InChI=1S/C17H16ClNO3/c1-13-11-14(12-17(20)22-13)19(2)9-5-6-10-21-16-8-4-3-7-15(16)18/h3-4,7-8,11-12H,9-10H2,1-2H3. The molecule has 5 heteroatoms. The highest BCUT2D eigenvalue weighted by Crippen LogP contribution is 2.22. The van der Waals surface area contributed by atoms with Crippen LogP contribution < -0.4 is 15.3 Å². The van der Waals surface area contributed by atoms with Crippen molar-refractivity contribution in [1.29, 1.82) is 0 Å². The lowest BCUT2D eigenvalue weighted by Crippen LogP contribution is -2.19. The monoisotopic (exact) mass is 317 g/mol. The fraction of sp³-hybridized carbons (Fsp3) is 0.235. The molecular weight excluding hydrogens is 302 g/mol.